The van der Waals surface area contributed by atoms with Gasteiger partial charge in [0.1, 0.15) is 17.1 Å². The molecule has 0 amide bonds. The highest BCUT2D eigenvalue weighted by atomic mass is 19.1. The topological polar surface area (TPSA) is 62.3 Å². The first kappa shape index (κ1) is 19.8. The fourth-order valence-electron chi connectivity index (χ4n) is 2.90. The molecular formula is C20H23F2N5O. The van der Waals surface area contributed by atoms with Gasteiger partial charge in [-0.05, 0) is 43.9 Å². The van der Waals surface area contributed by atoms with Crippen molar-refractivity contribution in [3.05, 3.63) is 42.1 Å². The molecule has 0 spiro atoms. The Hall–Kier alpha value is -3.00. The molecule has 0 unspecified atom stereocenters. The number of hydrogen-bond acceptors (Lipinski definition) is 6. The quantitative estimate of drug-likeness (QED) is 0.646. The third-order valence-electron chi connectivity index (χ3n) is 4.36. The Morgan fingerprint density at radius 3 is 2.64 bits per heavy atom. The molecule has 0 saturated carbocycles. The van der Waals surface area contributed by atoms with E-state index in [-0.39, 0.29) is 11.3 Å². The number of ether oxygens (including phenoxy) is 1. The van der Waals surface area contributed by atoms with Gasteiger partial charge in [0.2, 0.25) is 5.95 Å². The maximum atomic E-state index is 14.7. The van der Waals surface area contributed by atoms with E-state index in [1.165, 1.54) is 19.2 Å². The molecule has 0 radical (unpaired) electrons. The van der Waals surface area contributed by atoms with Crippen LogP contribution in [0.5, 0.6) is 5.75 Å². The van der Waals surface area contributed by atoms with Crippen molar-refractivity contribution in [1.82, 2.24) is 14.9 Å². The number of halogens is 2. The fraction of sp³-hybridized carbons (Fsp3) is 0.300. The van der Waals surface area contributed by atoms with Crippen molar-refractivity contribution in [2.24, 2.45) is 0 Å². The molecule has 0 bridgehead atoms. The molecule has 8 heteroatoms. The SMILES string of the molecule is CNc1ccc(F)c(-c2cc(OC)c3nc(NCCN(C)C)ncc3c2)c1F. The van der Waals surface area contributed by atoms with Gasteiger partial charge in [0.05, 0.1) is 18.4 Å². The van der Waals surface area contributed by atoms with Crippen LogP contribution in [0.4, 0.5) is 20.4 Å². The van der Waals surface area contributed by atoms with E-state index in [4.69, 9.17) is 4.74 Å². The summed E-state index contributed by atoms with van der Waals surface area (Å²) >= 11 is 0. The first-order chi connectivity index (χ1) is 13.4. The Morgan fingerprint density at radius 1 is 1.18 bits per heavy atom. The lowest BCUT2D eigenvalue weighted by Gasteiger charge is -2.14. The Balaban J connectivity index is 2.06. The van der Waals surface area contributed by atoms with Gasteiger partial charge < -0.3 is 20.3 Å². The molecule has 2 aromatic carbocycles. The fourth-order valence-corrected chi connectivity index (χ4v) is 2.90. The van der Waals surface area contributed by atoms with Crippen LogP contribution < -0.4 is 15.4 Å². The van der Waals surface area contributed by atoms with Gasteiger partial charge in [0.25, 0.3) is 0 Å². The number of nitrogens with one attached hydrogen (secondary N) is 2. The zero-order valence-corrected chi connectivity index (χ0v) is 16.3. The van der Waals surface area contributed by atoms with E-state index in [1.54, 1.807) is 25.4 Å². The lowest BCUT2D eigenvalue weighted by Crippen LogP contribution is -2.21. The van der Waals surface area contributed by atoms with Gasteiger partial charge in [0.15, 0.2) is 5.82 Å². The maximum absolute atomic E-state index is 14.7. The van der Waals surface area contributed by atoms with E-state index < -0.39 is 11.6 Å². The minimum atomic E-state index is -0.660. The third kappa shape index (κ3) is 3.96. The monoisotopic (exact) mass is 387 g/mol. The number of benzene rings is 2. The van der Waals surface area contributed by atoms with Crippen LogP contribution in [0, 0.1) is 11.6 Å². The number of nitrogens with zero attached hydrogens (tertiary/aromatic N) is 3. The second-order valence-electron chi connectivity index (χ2n) is 6.57. The number of rotatable bonds is 7. The predicted octanol–water partition coefficient (Wildman–Crippen LogP) is 3.60. The number of methoxy groups -OCH3 is 1. The van der Waals surface area contributed by atoms with Crippen molar-refractivity contribution in [3.8, 4) is 16.9 Å². The van der Waals surface area contributed by atoms with Crippen LogP contribution in [0.25, 0.3) is 22.0 Å². The van der Waals surface area contributed by atoms with Crippen LogP contribution in [0.3, 0.4) is 0 Å². The van der Waals surface area contributed by atoms with Gasteiger partial charge in [-0.15, -0.1) is 0 Å². The van der Waals surface area contributed by atoms with Crippen molar-refractivity contribution < 1.29 is 13.5 Å². The standard InChI is InChI=1S/C20H23F2N5O/c1-23-15-6-5-14(21)17(18(15)22)12-9-13-11-25-20(24-7-8-27(2)3)26-19(13)16(10-12)28-4/h5-6,9-11,23H,7-8H2,1-4H3,(H,24,25,26). The zero-order valence-electron chi connectivity index (χ0n) is 16.3. The average Bonchev–Trinajstić information content (AvgIpc) is 2.67. The van der Waals surface area contributed by atoms with Crippen LogP contribution in [0.1, 0.15) is 0 Å². The van der Waals surface area contributed by atoms with Crippen LogP contribution in [-0.2, 0) is 0 Å². The van der Waals surface area contributed by atoms with Crippen molar-refractivity contribution >= 4 is 22.5 Å². The minimum absolute atomic E-state index is 0.125. The molecule has 3 aromatic rings. The van der Waals surface area contributed by atoms with Gasteiger partial charge in [0, 0.05) is 31.7 Å². The van der Waals surface area contributed by atoms with Crippen molar-refractivity contribution in [3.63, 3.8) is 0 Å². The molecule has 0 aliphatic carbocycles. The zero-order chi connectivity index (χ0) is 20.3. The predicted molar refractivity (Wildman–Crippen MR) is 108 cm³/mol. The van der Waals surface area contributed by atoms with Gasteiger partial charge in [-0.1, -0.05) is 0 Å². The molecule has 0 aliphatic heterocycles. The Morgan fingerprint density at radius 2 is 1.96 bits per heavy atom. The lowest BCUT2D eigenvalue weighted by atomic mass is 10.0. The Bertz CT molecular complexity index is 994. The van der Waals surface area contributed by atoms with Gasteiger partial charge >= 0.3 is 0 Å². The first-order valence-corrected chi connectivity index (χ1v) is 8.84. The lowest BCUT2D eigenvalue weighted by molar-refractivity contribution is 0.419. The Kier molecular flexibility index (Phi) is 5.89. The van der Waals surface area contributed by atoms with Gasteiger partial charge in [-0.3, -0.25) is 0 Å². The highest BCUT2D eigenvalue weighted by Crippen LogP contribution is 2.36. The van der Waals surface area contributed by atoms with Crippen molar-refractivity contribution in [1.29, 1.82) is 0 Å². The van der Waals surface area contributed by atoms with E-state index in [0.29, 0.717) is 34.7 Å². The second kappa shape index (κ2) is 8.35. The normalized spacial score (nSPS) is 11.1. The van der Waals surface area contributed by atoms with Crippen LogP contribution in [0.2, 0.25) is 0 Å². The van der Waals surface area contributed by atoms with Crippen LogP contribution in [-0.4, -0.2) is 56.2 Å². The molecular weight excluding hydrogens is 364 g/mol. The highest BCUT2D eigenvalue weighted by Gasteiger charge is 2.18. The maximum Gasteiger partial charge on any atom is 0.223 e. The first-order valence-electron chi connectivity index (χ1n) is 8.84. The summed E-state index contributed by atoms with van der Waals surface area (Å²) in [6.07, 6.45) is 1.62. The average molecular weight is 387 g/mol. The summed E-state index contributed by atoms with van der Waals surface area (Å²) < 4.78 is 34.6. The van der Waals surface area contributed by atoms with Crippen molar-refractivity contribution in [2.45, 2.75) is 0 Å². The number of likely N-dealkylation sites (N-methyl/N-ethyl adjacent to an activating group) is 1. The summed E-state index contributed by atoms with van der Waals surface area (Å²) in [6, 6.07) is 5.83. The van der Waals surface area contributed by atoms with Gasteiger partial charge in [-0.25, -0.2) is 18.7 Å². The van der Waals surface area contributed by atoms with E-state index >= 15 is 0 Å². The number of aromatic nitrogens is 2. The minimum Gasteiger partial charge on any atom is -0.494 e. The van der Waals surface area contributed by atoms with E-state index in [1.807, 2.05) is 19.0 Å². The molecule has 148 valence electrons. The molecule has 0 saturated heterocycles. The molecule has 28 heavy (non-hydrogen) atoms. The molecule has 0 atom stereocenters. The molecule has 0 aliphatic rings. The number of fused-ring (bicyclic) bond motifs is 1. The summed E-state index contributed by atoms with van der Waals surface area (Å²) in [5, 5.41) is 6.50. The number of hydrogen-bond donors (Lipinski definition) is 2. The molecule has 1 aromatic heterocycles. The largest absolute Gasteiger partial charge is 0.494 e. The molecule has 3 rings (SSSR count). The molecule has 2 N–H and O–H groups in total. The summed E-state index contributed by atoms with van der Waals surface area (Å²) in [5.41, 5.74) is 1.01. The van der Waals surface area contributed by atoms with Gasteiger partial charge in [-0.2, -0.15) is 0 Å². The van der Waals surface area contributed by atoms with E-state index in [0.717, 1.165) is 6.54 Å². The van der Waals surface area contributed by atoms with Crippen LogP contribution in [0.15, 0.2) is 30.5 Å². The van der Waals surface area contributed by atoms with E-state index in [2.05, 4.69) is 20.6 Å². The molecule has 6 nitrogen and oxygen atoms in total. The number of anilines is 2. The molecule has 0 fully saturated rings. The Labute approximate surface area is 162 Å². The van der Waals surface area contributed by atoms with Crippen LogP contribution >= 0.6 is 0 Å². The summed E-state index contributed by atoms with van der Waals surface area (Å²) in [5.74, 6) is -0.429. The summed E-state index contributed by atoms with van der Waals surface area (Å²) in [6.45, 7) is 1.52. The highest BCUT2D eigenvalue weighted by molar-refractivity contribution is 5.90. The van der Waals surface area contributed by atoms with E-state index in [9.17, 15) is 8.78 Å². The molecule has 1 heterocycles. The second-order valence-corrected chi connectivity index (χ2v) is 6.57. The third-order valence-corrected chi connectivity index (χ3v) is 4.36. The summed E-state index contributed by atoms with van der Waals surface area (Å²) in [7, 11) is 7.04. The summed E-state index contributed by atoms with van der Waals surface area (Å²) in [4.78, 5) is 10.8. The van der Waals surface area contributed by atoms with Crippen molar-refractivity contribution in [2.75, 3.05) is 52.0 Å². The smallest absolute Gasteiger partial charge is 0.223 e.